The Balaban J connectivity index is 1.91. The van der Waals surface area contributed by atoms with Crippen molar-refractivity contribution in [2.24, 2.45) is 5.92 Å². The van der Waals surface area contributed by atoms with Crippen molar-refractivity contribution >= 4 is 33.4 Å². The molecule has 0 atom stereocenters. The molecule has 0 saturated heterocycles. The predicted molar refractivity (Wildman–Crippen MR) is 75.9 cm³/mol. The smallest absolute Gasteiger partial charge is 0.382 e. The molecular weight excluding hydrogens is 359 g/mol. The lowest BCUT2D eigenvalue weighted by atomic mass is 10.4. The van der Waals surface area contributed by atoms with Crippen molar-refractivity contribution in [1.29, 1.82) is 0 Å². The van der Waals surface area contributed by atoms with Crippen molar-refractivity contribution in [3.8, 4) is 0 Å². The highest BCUT2D eigenvalue weighted by Gasteiger charge is 2.27. The number of rotatable bonds is 6. The van der Waals surface area contributed by atoms with Crippen LogP contribution in [-0.2, 0) is 6.54 Å². The van der Waals surface area contributed by atoms with Crippen molar-refractivity contribution in [3.05, 3.63) is 21.0 Å². The van der Waals surface area contributed by atoms with Gasteiger partial charge in [0.25, 0.3) is 5.56 Å². The van der Waals surface area contributed by atoms with Gasteiger partial charge in [-0.25, -0.2) is 4.68 Å². The molecule has 1 aliphatic carbocycles. The number of halogens is 4. The second-order valence-electron chi connectivity index (χ2n) is 4.52. The third-order valence-corrected chi connectivity index (χ3v) is 4.30. The normalized spacial score (nSPS) is 15.4. The van der Waals surface area contributed by atoms with Crippen LogP contribution in [0.3, 0.4) is 0 Å². The molecule has 1 saturated carbocycles. The van der Waals surface area contributed by atoms with Crippen LogP contribution >= 0.6 is 27.7 Å². The second kappa shape index (κ2) is 6.38. The Hall–Kier alpha value is -0.700. The van der Waals surface area contributed by atoms with E-state index >= 15 is 0 Å². The summed E-state index contributed by atoms with van der Waals surface area (Å²) in [7, 11) is 0. The van der Waals surface area contributed by atoms with Gasteiger partial charge in [-0.15, -0.1) is 0 Å². The molecule has 1 aromatic rings. The topological polar surface area (TPSA) is 46.9 Å². The van der Waals surface area contributed by atoms with Crippen LogP contribution in [0.25, 0.3) is 0 Å². The number of alkyl halides is 3. The van der Waals surface area contributed by atoms with Gasteiger partial charge in [-0.1, -0.05) is 0 Å². The Kier molecular flexibility index (Phi) is 5.00. The van der Waals surface area contributed by atoms with Gasteiger partial charge in [-0.2, -0.15) is 18.3 Å². The summed E-state index contributed by atoms with van der Waals surface area (Å²) in [5.41, 5.74) is -4.07. The van der Waals surface area contributed by atoms with E-state index in [1.54, 1.807) is 0 Å². The Bertz CT molecular complexity index is 531. The summed E-state index contributed by atoms with van der Waals surface area (Å²) in [5.74, 6) is 0.398. The van der Waals surface area contributed by atoms with Crippen LogP contribution in [0.15, 0.2) is 15.5 Å². The van der Waals surface area contributed by atoms with Gasteiger partial charge in [0.15, 0.2) is 0 Å². The average Bonchev–Trinajstić information content (AvgIpc) is 3.16. The van der Waals surface area contributed by atoms with E-state index in [2.05, 4.69) is 26.3 Å². The van der Waals surface area contributed by atoms with Gasteiger partial charge < -0.3 is 5.32 Å². The first-order chi connectivity index (χ1) is 9.37. The maximum atomic E-state index is 12.0. The van der Waals surface area contributed by atoms with Crippen LogP contribution in [0, 0.1) is 5.92 Å². The standard InChI is InChI=1S/C11H13BrF3N3OS/c12-9-8(16-3-4-20-11(13,14)15)5-17-18(10(9)19)6-7-1-2-7/h5,7,16H,1-4,6H2. The molecule has 0 aromatic carbocycles. The molecule has 0 unspecified atom stereocenters. The van der Waals surface area contributed by atoms with Gasteiger partial charge in [0.05, 0.1) is 11.9 Å². The number of aromatic nitrogens is 2. The van der Waals surface area contributed by atoms with Gasteiger partial charge in [0.1, 0.15) is 4.47 Å². The van der Waals surface area contributed by atoms with E-state index < -0.39 is 5.51 Å². The first kappa shape index (κ1) is 15.7. The Labute approximate surface area is 126 Å². The minimum absolute atomic E-state index is 0.0988. The van der Waals surface area contributed by atoms with Crippen LogP contribution in [0.2, 0.25) is 0 Å². The number of hydrogen-bond acceptors (Lipinski definition) is 4. The van der Waals surface area contributed by atoms with Gasteiger partial charge in [0, 0.05) is 18.8 Å². The zero-order valence-electron chi connectivity index (χ0n) is 10.4. The Morgan fingerprint density at radius 3 is 2.80 bits per heavy atom. The van der Waals surface area contributed by atoms with E-state index in [4.69, 9.17) is 0 Å². The summed E-state index contributed by atoms with van der Waals surface area (Å²) in [6, 6.07) is 0. The first-order valence-corrected chi connectivity index (χ1v) is 7.85. The fraction of sp³-hybridized carbons (Fsp3) is 0.636. The van der Waals surface area contributed by atoms with E-state index in [0.717, 1.165) is 12.8 Å². The van der Waals surface area contributed by atoms with Crippen molar-refractivity contribution in [3.63, 3.8) is 0 Å². The van der Waals surface area contributed by atoms with Gasteiger partial charge >= 0.3 is 5.51 Å². The van der Waals surface area contributed by atoms with Crippen molar-refractivity contribution < 1.29 is 13.2 Å². The minimum atomic E-state index is -4.23. The van der Waals surface area contributed by atoms with Crippen LogP contribution in [0.4, 0.5) is 18.9 Å². The molecular formula is C11H13BrF3N3OS. The number of hydrogen-bond donors (Lipinski definition) is 1. The largest absolute Gasteiger partial charge is 0.441 e. The lowest BCUT2D eigenvalue weighted by Gasteiger charge is -2.10. The number of anilines is 1. The lowest BCUT2D eigenvalue weighted by molar-refractivity contribution is -0.0327. The monoisotopic (exact) mass is 371 g/mol. The maximum Gasteiger partial charge on any atom is 0.441 e. The summed E-state index contributed by atoms with van der Waals surface area (Å²) in [6.45, 7) is 0.707. The second-order valence-corrected chi connectivity index (χ2v) is 6.48. The summed E-state index contributed by atoms with van der Waals surface area (Å²) in [4.78, 5) is 12.0. The number of nitrogens with zero attached hydrogens (tertiary/aromatic N) is 2. The summed E-state index contributed by atoms with van der Waals surface area (Å²) in [6.07, 6.45) is 3.69. The number of nitrogens with one attached hydrogen (secondary N) is 1. The molecule has 1 fully saturated rings. The molecule has 1 aromatic heterocycles. The van der Waals surface area contributed by atoms with Gasteiger partial charge in [-0.3, -0.25) is 4.79 Å². The zero-order valence-corrected chi connectivity index (χ0v) is 12.8. The van der Waals surface area contributed by atoms with Gasteiger partial charge in [-0.05, 0) is 46.5 Å². The Morgan fingerprint density at radius 2 is 2.20 bits per heavy atom. The molecule has 2 rings (SSSR count). The molecule has 1 N–H and O–H groups in total. The van der Waals surface area contributed by atoms with E-state index in [1.807, 2.05) is 0 Å². The molecule has 0 bridgehead atoms. The average molecular weight is 372 g/mol. The minimum Gasteiger partial charge on any atom is -0.382 e. The van der Waals surface area contributed by atoms with Crippen molar-refractivity contribution in [2.75, 3.05) is 17.6 Å². The third-order valence-electron chi connectivity index (χ3n) is 2.80. The number of thioether (sulfide) groups is 1. The van der Waals surface area contributed by atoms with E-state index in [1.165, 1.54) is 10.9 Å². The summed E-state index contributed by atoms with van der Waals surface area (Å²) >= 11 is 3.07. The van der Waals surface area contributed by atoms with Crippen LogP contribution in [0.5, 0.6) is 0 Å². The molecule has 1 aliphatic rings. The first-order valence-electron chi connectivity index (χ1n) is 6.07. The summed E-state index contributed by atoms with van der Waals surface area (Å²) in [5, 5.41) is 6.81. The lowest BCUT2D eigenvalue weighted by Crippen LogP contribution is -2.25. The predicted octanol–water partition coefficient (Wildman–Crippen LogP) is 3.08. The molecule has 112 valence electrons. The van der Waals surface area contributed by atoms with Crippen LogP contribution < -0.4 is 10.9 Å². The molecule has 0 radical (unpaired) electrons. The quantitative estimate of drug-likeness (QED) is 0.780. The third kappa shape index (κ3) is 4.69. The van der Waals surface area contributed by atoms with Crippen LogP contribution in [-0.4, -0.2) is 27.6 Å². The Morgan fingerprint density at radius 1 is 1.50 bits per heavy atom. The van der Waals surface area contributed by atoms with Crippen LogP contribution in [0.1, 0.15) is 12.8 Å². The highest BCUT2D eigenvalue weighted by molar-refractivity contribution is 9.10. The van der Waals surface area contributed by atoms with E-state index in [-0.39, 0.29) is 29.6 Å². The molecule has 9 heteroatoms. The molecule has 0 amide bonds. The van der Waals surface area contributed by atoms with Gasteiger partial charge in [0.2, 0.25) is 0 Å². The maximum absolute atomic E-state index is 12.0. The highest BCUT2D eigenvalue weighted by Crippen LogP contribution is 2.31. The van der Waals surface area contributed by atoms with Crippen molar-refractivity contribution in [1.82, 2.24) is 9.78 Å². The molecule has 1 heterocycles. The molecule has 0 aliphatic heterocycles. The SMILES string of the molecule is O=c1c(Br)c(NCCSC(F)(F)F)cnn1CC1CC1. The fourth-order valence-electron chi connectivity index (χ4n) is 1.62. The van der Waals surface area contributed by atoms with Crippen molar-refractivity contribution in [2.45, 2.75) is 24.9 Å². The molecule has 4 nitrogen and oxygen atoms in total. The summed E-state index contributed by atoms with van der Waals surface area (Å²) < 4.78 is 37.6. The zero-order chi connectivity index (χ0) is 14.8. The van der Waals surface area contributed by atoms with E-state index in [0.29, 0.717) is 22.6 Å². The molecule has 20 heavy (non-hydrogen) atoms. The van der Waals surface area contributed by atoms with E-state index in [9.17, 15) is 18.0 Å². The fourth-order valence-corrected chi connectivity index (χ4v) is 2.50. The highest BCUT2D eigenvalue weighted by atomic mass is 79.9. The molecule has 0 spiro atoms.